The number of rotatable bonds is 4. The Labute approximate surface area is 111 Å². The van der Waals surface area contributed by atoms with Gasteiger partial charge in [0.25, 0.3) is 0 Å². The normalized spacial score (nSPS) is 13.9. The van der Waals surface area contributed by atoms with Gasteiger partial charge in [-0.3, -0.25) is 0 Å². The predicted octanol–water partition coefficient (Wildman–Crippen LogP) is 2.30. The fourth-order valence-electron chi connectivity index (χ4n) is 1.68. The first-order valence-corrected chi connectivity index (χ1v) is 6.12. The maximum atomic E-state index is 11.3. The van der Waals surface area contributed by atoms with Crippen LogP contribution in [0, 0.1) is 0 Å². The van der Waals surface area contributed by atoms with Gasteiger partial charge < -0.3 is 18.9 Å². The minimum absolute atomic E-state index is 0.334. The van der Waals surface area contributed by atoms with Gasteiger partial charge in [0.1, 0.15) is 19.0 Å². The molecular weight excluding hydrogens is 248 g/mol. The van der Waals surface area contributed by atoms with Crippen LogP contribution >= 0.6 is 0 Å². The molecular formula is C14H16O5. The summed E-state index contributed by atoms with van der Waals surface area (Å²) in [5.74, 6) is 1.73. The zero-order valence-corrected chi connectivity index (χ0v) is 11.0. The van der Waals surface area contributed by atoms with Crippen molar-refractivity contribution in [2.75, 3.05) is 19.8 Å². The molecule has 2 rings (SSSR count). The smallest absolute Gasteiger partial charge is 0.334 e. The summed E-state index contributed by atoms with van der Waals surface area (Å²) in [4.78, 5) is 11.3. The van der Waals surface area contributed by atoms with E-state index in [0.29, 0.717) is 42.8 Å². The van der Waals surface area contributed by atoms with Crippen LogP contribution in [-0.2, 0) is 9.53 Å². The molecule has 5 heteroatoms. The highest BCUT2D eigenvalue weighted by Gasteiger charge is 2.17. The number of fused-ring (bicyclic) bond motifs is 1. The Hall–Kier alpha value is -2.17. The molecule has 1 heterocycles. The quantitative estimate of drug-likeness (QED) is 0.474. The van der Waals surface area contributed by atoms with Crippen molar-refractivity contribution in [1.29, 1.82) is 0 Å². The molecule has 102 valence electrons. The van der Waals surface area contributed by atoms with Crippen molar-refractivity contribution in [1.82, 2.24) is 0 Å². The molecule has 5 nitrogen and oxygen atoms in total. The molecule has 1 aliphatic rings. The van der Waals surface area contributed by atoms with Gasteiger partial charge in [-0.05, 0) is 26.0 Å². The molecule has 0 radical (unpaired) electrons. The van der Waals surface area contributed by atoms with Crippen LogP contribution < -0.4 is 14.2 Å². The fraction of sp³-hybridized carbons (Fsp3) is 0.357. The molecule has 19 heavy (non-hydrogen) atoms. The number of hydrogen-bond acceptors (Lipinski definition) is 5. The van der Waals surface area contributed by atoms with Gasteiger partial charge in [-0.2, -0.15) is 0 Å². The molecule has 0 atom stereocenters. The number of esters is 1. The summed E-state index contributed by atoms with van der Waals surface area (Å²) in [7, 11) is 0. The Morgan fingerprint density at radius 3 is 2.95 bits per heavy atom. The molecule has 0 aliphatic carbocycles. The second-order valence-corrected chi connectivity index (χ2v) is 3.89. The third-order valence-corrected chi connectivity index (χ3v) is 2.41. The largest absolute Gasteiger partial charge is 0.486 e. The van der Waals surface area contributed by atoms with E-state index >= 15 is 0 Å². The molecule has 1 aliphatic heterocycles. The number of carbonyl (C=O) groups is 1. The maximum Gasteiger partial charge on any atom is 0.334 e. The van der Waals surface area contributed by atoms with E-state index in [1.165, 1.54) is 6.08 Å². The lowest BCUT2D eigenvalue weighted by Crippen LogP contribution is -2.16. The molecule has 1 aromatic carbocycles. The number of hydrogen-bond donors (Lipinski definition) is 0. The average molecular weight is 264 g/mol. The molecule has 0 amide bonds. The van der Waals surface area contributed by atoms with Crippen LogP contribution in [0.25, 0.3) is 0 Å². The third kappa shape index (κ3) is 3.40. The van der Waals surface area contributed by atoms with Crippen LogP contribution in [0.15, 0.2) is 30.0 Å². The minimum Gasteiger partial charge on any atom is -0.486 e. The lowest BCUT2D eigenvalue weighted by molar-refractivity contribution is -0.137. The second-order valence-electron chi connectivity index (χ2n) is 3.89. The van der Waals surface area contributed by atoms with Crippen molar-refractivity contribution in [3.8, 4) is 17.2 Å². The Morgan fingerprint density at radius 1 is 1.37 bits per heavy atom. The van der Waals surface area contributed by atoms with Crippen LogP contribution in [0.2, 0.25) is 0 Å². The standard InChI is InChI=1S/C14H16O5/c1-3-16-13(15)9-10(2)19-12-6-4-5-11-14(12)18-8-7-17-11/h4-6,9H,3,7-8H2,1-2H3. The highest BCUT2D eigenvalue weighted by atomic mass is 16.6. The lowest BCUT2D eigenvalue weighted by Gasteiger charge is -2.20. The highest BCUT2D eigenvalue weighted by molar-refractivity contribution is 5.82. The minimum atomic E-state index is -0.429. The second kappa shape index (κ2) is 6.13. The summed E-state index contributed by atoms with van der Waals surface area (Å²) in [6.07, 6.45) is 1.30. The Morgan fingerprint density at radius 2 is 2.16 bits per heavy atom. The van der Waals surface area contributed by atoms with Crippen molar-refractivity contribution >= 4 is 5.97 Å². The van der Waals surface area contributed by atoms with Gasteiger partial charge in [0.05, 0.1) is 12.7 Å². The van der Waals surface area contributed by atoms with Gasteiger partial charge >= 0.3 is 5.97 Å². The van der Waals surface area contributed by atoms with Crippen molar-refractivity contribution in [3.05, 3.63) is 30.0 Å². The van der Waals surface area contributed by atoms with E-state index in [1.807, 2.05) is 6.07 Å². The Bertz CT molecular complexity index is 493. The lowest BCUT2D eigenvalue weighted by atomic mass is 10.3. The molecule has 0 aromatic heterocycles. The molecule has 0 fully saturated rings. The zero-order valence-electron chi connectivity index (χ0n) is 11.0. The fourth-order valence-corrected chi connectivity index (χ4v) is 1.68. The molecule has 0 saturated heterocycles. The van der Waals surface area contributed by atoms with Crippen LogP contribution in [0.1, 0.15) is 13.8 Å². The number of para-hydroxylation sites is 1. The topological polar surface area (TPSA) is 54.0 Å². The molecule has 0 N–H and O–H groups in total. The van der Waals surface area contributed by atoms with Gasteiger partial charge in [-0.25, -0.2) is 4.79 Å². The van der Waals surface area contributed by atoms with Crippen LogP contribution in [0.4, 0.5) is 0 Å². The zero-order chi connectivity index (χ0) is 13.7. The monoisotopic (exact) mass is 264 g/mol. The summed E-state index contributed by atoms with van der Waals surface area (Å²) in [6.45, 7) is 4.77. The Balaban J connectivity index is 2.13. The first-order chi connectivity index (χ1) is 9.20. The van der Waals surface area contributed by atoms with E-state index in [-0.39, 0.29) is 0 Å². The molecule has 0 unspecified atom stereocenters. The highest BCUT2D eigenvalue weighted by Crippen LogP contribution is 2.39. The third-order valence-electron chi connectivity index (χ3n) is 2.41. The molecule has 0 spiro atoms. The van der Waals surface area contributed by atoms with Gasteiger partial charge in [0.2, 0.25) is 5.75 Å². The molecule has 0 bridgehead atoms. The van der Waals surface area contributed by atoms with Crippen molar-refractivity contribution in [2.45, 2.75) is 13.8 Å². The van der Waals surface area contributed by atoms with E-state index < -0.39 is 5.97 Å². The van der Waals surface area contributed by atoms with Crippen LogP contribution in [0.3, 0.4) is 0 Å². The summed E-state index contributed by atoms with van der Waals surface area (Å²) < 4.78 is 21.4. The number of carbonyl (C=O) groups excluding carboxylic acids is 1. The number of allylic oxidation sites excluding steroid dienone is 1. The van der Waals surface area contributed by atoms with Gasteiger partial charge in [0.15, 0.2) is 11.5 Å². The average Bonchev–Trinajstić information content (AvgIpc) is 2.39. The van der Waals surface area contributed by atoms with Gasteiger partial charge in [0, 0.05) is 0 Å². The summed E-state index contributed by atoms with van der Waals surface area (Å²) in [5.41, 5.74) is 0. The summed E-state index contributed by atoms with van der Waals surface area (Å²) in [6, 6.07) is 5.38. The van der Waals surface area contributed by atoms with E-state index in [9.17, 15) is 4.79 Å². The van der Waals surface area contributed by atoms with Crippen molar-refractivity contribution in [2.24, 2.45) is 0 Å². The molecule has 1 aromatic rings. The predicted molar refractivity (Wildman–Crippen MR) is 68.5 cm³/mol. The van der Waals surface area contributed by atoms with E-state index in [0.717, 1.165) is 0 Å². The number of benzene rings is 1. The van der Waals surface area contributed by atoms with Crippen molar-refractivity contribution in [3.63, 3.8) is 0 Å². The van der Waals surface area contributed by atoms with Gasteiger partial charge in [-0.15, -0.1) is 0 Å². The van der Waals surface area contributed by atoms with Crippen LogP contribution in [-0.4, -0.2) is 25.8 Å². The van der Waals surface area contributed by atoms with E-state index in [1.54, 1.807) is 26.0 Å². The summed E-state index contributed by atoms with van der Waals surface area (Å²) >= 11 is 0. The SMILES string of the molecule is CCOC(=O)C=C(C)Oc1cccc2c1OCCO2. The van der Waals surface area contributed by atoms with Crippen LogP contribution in [0.5, 0.6) is 17.2 Å². The first kappa shape index (κ1) is 13.3. The molecule has 0 saturated carbocycles. The first-order valence-electron chi connectivity index (χ1n) is 6.12. The number of ether oxygens (including phenoxy) is 4. The Kier molecular flexibility index (Phi) is 4.28. The maximum absolute atomic E-state index is 11.3. The van der Waals surface area contributed by atoms with E-state index in [2.05, 4.69) is 0 Å². The van der Waals surface area contributed by atoms with Crippen molar-refractivity contribution < 1.29 is 23.7 Å². The summed E-state index contributed by atoms with van der Waals surface area (Å²) in [5, 5.41) is 0. The van der Waals surface area contributed by atoms with E-state index in [4.69, 9.17) is 18.9 Å². The van der Waals surface area contributed by atoms with Gasteiger partial charge in [-0.1, -0.05) is 6.07 Å².